The molecule has 8 heteroatoms. The molecule has 1 saturated heterocycles. The number of aromatic nitrogens is 4. The van der Waals surface area contributed by atoms with Gasteiger partial charge in [0.1, 0.15) is 19.0 Å². The number of hydrogen-bond acceptors (Lipinski definition) is 6. The summed E-state index contributed by atoms with van der Waals surface area (Å²) in [6, 6.07) is 0. The maximum atomic E-state index is 12.2. The number of hydroxylamine groups is 2. The molecule has 94 valence electrons. The fourth-order valence-corrected chi connectivity index (χ4v) is 1.85. The van der Waals surface area contributed by atoms with Gasteiger partial charge in [-0.05, 0) is 6.92 Å². The number of hydrogen-bond donors (Lipinski definition) is 1. The molecule has 0 spiro atoms. The summed E-state index contributed by atoms with van der Waals surface area (Å²) >= 11 is 0. The highest BCUT2D eigenvalue weighted by Crippen LogP contribution is 2.14. The summed E-state index contributed by atoms with van der Waals surface area (Å²) in [5.41, 5.74) is 1.01. The lowest BCUT2D eigenvalue weighted by atomic mass is 10.2. The first kappa shape index (κ1) is 11.1. The van der Waals surface area contributed by atoms with E-state index in [9.17, 15) is 9.90 Å². The van der Waals surface area contributed by atoms with Crippen LogP contribution >= 0.6 is 0 Å². The minimum absolute atomic E-state index is 0.129. The third kappa shape index (κ3) is 1.62. The summed E-state index contributed by atoms with van der Waals surface area (Å²) in [6.07, 6.45) is 2.17. The van der Waals surface area contributed by atoms with Gasteiger partial charge in [0.2, 0.25) is 0 Å². The summed E-state index contributed by atoms with van der Waals surface area (Å²) in [7, 11) is 0. The summed E-state index contributed by atoms with van der Waals surface area (Å²) in [5.74, 6) is 0.0976. The van der Waals surface area contributed by atoms with Gasteiger partial charge in [-0.25, -0.2) is 14.6 Å². The van der Waals surface area contributed by atoms with Crippen molar-refractivity contribution in [2.24, 2.45) is 0 Å². The van der Waals surface area contributed by atoms with Crippen molar-refractivity contribution in [2.75, 3.05) is 13.2 Å². The van der Waals surface area contributed by atoms with Crippen molar-refractivity contribution in [3.8, 4) is 0 Å². The van der Waals surface area contributed by atoms with Crippen molar-refractivity contribution >= 4 is 11.7 Å². The van der Waals surface area contributed by atoms with Crippen molar-refractivity contribution in [1.29, 1.82) is 0 Å². The monoisotopic (exact) mass is 249 g/mol. The Bertz CT molecular complexity index is 611. The van der Waals surface area contributed by atoms with Crippen molar-refractivity contribution in [2.45, 2.75) is 13.0 Å². The molecule has 3 heterocycles. The SMILES string of the molecule is Cc1c(C(=O)N2CC(O)CO2)cnc2ncnn12. The molecular formula is C10H11N5O3. The van der Waals surface area contributed by atoms with Crippen LogP contribution in [0.1, 0.15) is 16.1 Å². The maximum absolute atomic E-state index is 12.2. The topological polar surface area (TPSA) is 92.9 Å². The van der Waals surface area contributed by atoms with Crippen LogP contribution in [-0.4, -0.2) is 54.9 Å². The molecule has 18 heavy (non-hydrogen) atoms. The van der Waals surface area contributed by atoms with E-state index in [4.69, 9.17) is 4.84 Å². The van der Waals surface area contributed by atoms with Crippen LogP contribution in [0.2, 0.25) is 0 Å². The molecule has 8 nitrogen and oxygen atoms in total. The number of nitrogens with zero attached hydrogens (tertiary/aromatic N) is 5. The first-order valence-corrected chi connectivity index (χ1v) is 5.45. The molecule has 0 radical (unpaired) electrons. The number of aliphatic hydroxyl groups excluding tert-OH is 1. The predicted octanol–water partition coefficient (Wildman–Crippen LogP) is -0.819. The Balaban J connectivity index is 1.98. The highest BCUT2D eigenvalue weighted by Gasteiger charge is 2.28. The Morgan fingerprint density at radius 2 is 2.39 bits per heavy atom. The Kier molecular flexibility index (Phi) is 2.46. The smallest absolute Gasteiger partial charge is 0.280 e. The molecule has 1 aliphatic rings. The number of amides is 1. The molecule has 1 atom stereocenters. The lowest BCUT2D eigenvalue weighted by Crippen LogP contribution is -2.29. The van der Waals surface area contributed by atoms with Crippen LogP contribution in [0.4, 0.5) is 0 Å². The first-order valence-electron chi connectivity index (χ1n) is 5.45. The molecule has 1 amide bonds. The van der Waals surface area contributed by atoms with E-state index in [0.29, 0.717) is 17.0 Å². The van der Waals surface area contributed by atoms with Crippen LogP contribution in [0.3, 0.4) is 0 Å². The summed E-state index contributed by atoms with van der Waals surface area (Å²) < 4.78 is 1.49. The van der Waals surface area contributed by atoms with Gasteiger partial charge >= 0.3 is 0 Å². The van der Waals surface area contributed by atoms with E-state index >= 15 is 0 Å². The summed E-state index contributed by atoms with van der Waals surface area (Å²) in [4.78, 5) is 25.2. The van der Waals surface area contributed by atoms with Crippen LogP contribution in [0, 0.1) is 6.92 Å². The molecule has 0 aromatic carbocycles. The second-order valence-corrected chi connectivity index (χ2v) is 4.04. The fourth-order valence-electron chi connectivity index (χ4n) is 1.85. The van der Waals surface area contributed by atoms with Crippen LogP contribution in [0.5, 0.6) is 0 Å². The van der Waals surface area contributed by atoms with E-state index in [1.807, 2.05) is 0 Å². The molecule has 1 aliphatic heterocycles. The maximum Gasteiger partial charge on any atom is 0.280 e. The fraction of sp³-hybridized carbons (Fsp3) is 0.400. The average Bonchev–Trinajstić information content (AvgIpc) is 2.97. The van der Waals surface area contributed by atoms with Gasteiger partial charge in [0.25, 0.3) is 11.7 Å². The number of carbonyl (C=O) groups excluding carboxylic acids is 1. The van der Waals surface area contributed by atoms with Crippen LogP contribution in [-0.2, 0) is 4.84 Å². The van der Waals surface area contributed by atoms with Gasteiger partial charge in [0.05, 0.1) is 17.8 Å². The minimum atomic E-state index is -0.641. The van der Waals surface area contributed by atoms with Gasteiger partial charge in [-0.15, -0.1) is 0 Å². The number of fused-ring (bicyclic) bond motifs is 1. The number of aliphatic hydroxyl groups is 1. The van der Waals surface area contributed by atoms with Gasteiger partial charge in [-0.1, -0.05) is 0 Å². The van der Waals surface area contributed by atoms with E-state index in [0.717, 1.165) is 5.06 Å². The van der Waals surface area contributed by atoms with E-state index < -0.39 is 6.10 Å². The molecule has 0 saturated carbocycles. The quantitative estimate of drug-likeness (QED) is 0.710. The second kappa shape index (κ2) is 4.00. The Morgan fingerprint density at radius 1 is 1.56 bits per heavy atom. The zero-order valence-corrected chi connectivity index (χ0v) is 9.65. The van der Waals surface area contributed by atoms with Crippen molar-refractivity contribution in [3.63, 3.8) is 0 Å². The lowest BCUT2D eigenvalue weighted by molar-refractivity contribution is -0.0780. The minimum Gasteiger partial charge on any atom is -0.389 e. The predicted molar refractivity (Wildman–Crippen MR) is 58.5 cm³/mol. The Morgan fingerprint density at radius 3 is 3.11 bits per heavy atom. The van der Waals surface area contributed by atoms with Gasteiger partial charge in [0.15, 0.2) is 0 Å². The van der Waals surface area contributed by atoms with Crippen LogP contribution in [0.25, 0.3) is 5.78 Å². The third-order valence-electron chi connectivity index (χ3n) is 2.80. The molecule has 1 unspecified atom stereocenters. The number of carbonyl (C=O) groups is 1. The van der Waals surface area contributed by atoms with Gasteiger partial charge in [-0.2, -0.15) is 10.1 Å². The normalized spacial score (nSPS) is 19.7. The first-order chi connectivity index (χ1) is 8.66. The average molecular weight is 249 g/mol. The second-order valence-electron chi connectivity index (χ2n) is 4.04. The highest BCUT2D eigenvalue weighted by molar-refractivity contribution is 5.94. The highest BCUT2D eigenvalue weighted by atomic mass is 16.7. The molecule has 1 fully saturated rings. The Hall–Kier alpha value is -2.06. The van der Waals surface area contributed by atoms with Crippen LogP contribution < -0.4 is 0 Å². The molecule has 0 aliphatic carbocycles. The van der Waals surface area contributed by atoms with Gasteiger partial charge < -0.3 is 5.11 Å². The largest absolute Gasteiger partial charge is 0.389 e. The van der Waals surface area contributed by atoms with E-state index in [-0.39, 0.29) is 19.1 Å². The molecule has 0 bridgehead atoms. The molecule has 2 aromatic rings. The third-order valence-corrected chi connectivity index (χ3v) is 2.80. The van der Waals surface area contributed by atoms with Crippen molar-refractivity contribution in [1.82, 2.24) is 24.6 Å². The summed E-state index contributed by atoms with van der Waals surface area (Å²) in [5, 5.41) is 14.5. The van der Waals surface area contributed by atoms with E-state index in [1.54, 1.807) is 6.92 Å². The summed E-state index contributed by atoms with van der Waals surface area (Å²) in [6.45, 7) is 2.04. The van der Waals surface area contributed by atoms with Gasteiger partial charge in [-0.3, -0.25) is 9.63 Å². The lowest BCUT2D eigenvalue weighted by Gasteiger charge is -2.14. The van der Waals surface area contributed by atoms with E-state index in [2.05, 4.69) is 15.1 Å². The zero-order valence-electron chi connectivity index (χ0n) is 9.65. The molecule has 2 aromatic heterocycles. The van der Waals surface area contributed by atoms with Crippen molar-refractivity contribution in [3.05, 3.63) is 23.8 Å². The van der Waals surface area contributed by atoms with E-state index in [1.165, 1.54) is 17.0 Å². The van der Waals surface area contributed by atoms with Crippen LogP contribution in [0.15, 0.2) is 12.5 Å². The number of rotatable bonds is 1. The number of β-amino-alcohol motifs (C(OH)–C–C–N with tert-alkyl or cyclic N) is 1. The molecular weight excluding hydrogens is 238 g/mol. The standard InChI is InChI=1S/C10H11N5O3/c1-6-8(2-11-10-12-5-13-15(6)10)9(17)14-3-7(16)4-18-14/h2,5,7,16H,3-4H2,1H3. The van der Waals surface area contributed by atoms with Crippen molar-refractivity contribution < 1.29 is 14.7 Å². The molecule has 3 rings (SSSR count). The van der Waals surface area contributed by atoms with Gasteiger partial charge in [0, 0.05) is 6.20 Å². The zero-order chi connectivity index (χ0) is 12.7. The number of aryl methyl sites for hydroxylation is 1. The molecule has 1 N–H and O–H groups in total. The Labute approximate surface area is 102 Å².